The Labute approximate surface area is 158 Å². The summed E-state index contributed by atoms with van der Waals surface area (Å²) in [7, 11) is 5.61. The van der Waals surface area contributed by atoms with E-state index in [0.29, 0.717) is 5.54 Å². The zero-order chi connectivity index (χ0) is 18.4. The summed E-state index contributed by atoms with van der Waals surface area (Å²) in [4.78, 5) is 5.22. The van der Waals surface area contributed by atoms with Gasteiger partial charge >= 0.3 is 0 Å². The minimum absolute atomic E-state index is 0.343. The van der Waals surface area contributed by atoms with E-state index in [4.69, 9.17) is 9.47 Å². The van der Waals surface area contributed by atoms with Gasteiger partial charge in [-0.1, -0.05) is 25.3 Å². The van der Waals surface area contributed by atoms with Crippen LogP contribution in [0.4, 0.5) is 0 Å². The van der Waals surface area contributed by atoms with Gasteiger partial charge in [0.05, 0.1) is 14.2 Å². The van der Waals surface area contributed by atoms with E-state index in [1.165, 1.54) is 63.8 Å². The van der Waals surface area contributed by atoms with Crippen molar-refractivity contribution in [3.8, 4) is 11.5 Å². The van der Waals surface area contributed by atoms with Gasteiger partial charge < -0.3 is 19.7 Å². The van der Waals surface area contributed by atoms with Crippen molar-refractivity contribution in [1.29, 1.82) is 0 Å². The van der Waals surface area contributed by atoms with Gasteiger partial charge in [-0.15, -0.1) is 0 Å². The molecule has 0 bridgehead atoms. The molecule has 3 rings (SSSR count). The van der Waals surface area contributed by atoms with Crippen LogP contribution in [0.3, 0.4) is 0 Å². The van der Waals surface area contributed by atoms with E-state index in [9.17, 15) is 0 Å². The number of ether oxygens (including phenoxy) is 2. The highest BCUT2D eigenvalue weighted by Crippen LogP contribution is 2.34. The van der Waals surface area contributed by atoms with Crippen LogP contribution in [0.1, 0.15) is 37.7 Å². The van der Waals surface area contributed by atoms with Crippen LogP contribution >= 0.6 is 0 Å². The molecule has 1 saturated carbocycles. The molecule has 146 valence electrons. The molecule has 1 saturated heterocycles. The van der Waals surface area contributed by atoms with Crippen LogP contribution in [-0.4, -0.2) is 69.3 Å². The molecule has 1 aromatic rings. The van der Waals surface area contributed by atoms with Crippen LogP contribution in [0.5, 0.6) is 11.5 Å². The van der Waals surface area contributed by atoms with E-state index < -0.39 is 0 Å². The first kappa shape index (κ1) is 19.5. The fourth-order valence-corrected chi connectivity index (χ4v) is 4.53. The Balaban J connectivity index is 1.61. The van der Waals surface area contributed by atoms with Crippen molar-refractivity contribution in [2.45, 2.75) is 44.2 Å². The molecule has 0 unspecified atom stereocenters. The monoisotopic (exact) mass is 361 g/mol. The van der Waals surface area contributed by atoms with Crippen LogP contribution in [-0.2, 0) is 6.54 Å². The number of hydrogen-bond donors (Lipinski definition) is 1. The van der Waals surface area contributed by atoms with Gasteiger partial charge in [0.1, 0.15) is 0 Å². The minimum Gasteiger partial charge on any atom is -0.493 e. The third-order valence-corrected chi connectivity index (χ3v) is 6.19. The number of likely N-dealkylation sites (N-methyl/N-ethyl adjacent to an activating group) is 1. The SMILES string of the molecule is COc1ccc(CNCC2(N3CCN(C)CC3)CCCCC2)cc1OC. The molecule has 0 atom stereocenters. The highest BCUT2D eigenvalue weighted by atomic mass is 16.5. The fraction of sp³-hybridized carbons (Fsp3) is 0.714. The summed E-state index contributed by atoms with van der Waals surface area (Å²) >= 11 is 0. The first-order chi connectivity index (χ1) is 12.7. The van der Waals surface area contributed by atoms with Crippen LogP contribution < -0.4 is 14.8 Å². The second kappa shape index (κ2) is 9.07. The molecule has 1 heterocycles. The number of nitrogens with zero attached hydrogens (tertiary/aromatic N) is 2. The number of nitrogens with one attached hydrogen (secondary N) is 1. The highest BCUT2D eigenvalue weighted by Gasteiger charge is 2.38. The van der Waals surface area contributed by atoms with Crippen molar-refractivity contribution in [3.63, 3.8) is 0 Å². The standard InChI is InChI=1S/C21H35N3O2/c1-23-11-13-24(14-12-23)21(9-5-4-6-10-21)17-22-16-18-7-8-19(25-2)20(15-18)26-3/h7-8,15,22H,4-6,9-14,16-17H2,1-3H3. The molecule has 5 nitrogen and oxygen atoms in total. The molecule has 1 N–H and O–H groups in total. The Bertz CT molecular complexity index is 564. The number of methoxy groups -OCH3 is 2. The quantitative estimate of drug-likeness (QED) is 0.808. The third kappa shape index (κ3) is 4.51. The third-order valence-electron chi connectivity index (χ3n) is 6.19. The number of piperazine rings is 1. The summed E-state index contributed by atoms with van der Waals surface area (Å²) in [5, 5.41) is 3.76. The zero-order valence-corrected chi connectivity index (χ0v) is 16.7. The maximum Gasteiger partial charge on any atom is 0.161 e. The summed E-state index contributed by atoms with van der Waals surface area (Å²) in [5.41, 5.74) is 1.59. The lowest BCUT2D eigenvalue weighted by atomic mass is 9.79. The van der Waals surface area contributed by atoms with Crippen molar-refractivity contribution in [2.24, 2.45) is 0 Å². The van der Waals surface area contributed by atoms with Gasteiger partial charge in [-0.2, -0.15) is 0 Å². The molecule has 0 radical (unpaired) electrons. The number of hydrogen-bond acceptors (Lipinski definition) is 5. The first-order valence-electron chi connectivity index (χ1n) is 10.0. The number of rotatable bonds is 7. The molecule has 0 spiro atoms. The van der Waals surface area contributed by atoms with Gasteiger partial charge in [-0.05, 0) is 37.6 Å². The van der Waals surface area contributed by atoms with Gasteiger partial charge in [0.2, 0.25) is 0 Å². The fourth-order valence-electron chi connectivity index (χ4n) is 4.53. The Morgan fingerprint density at radius 3 is 2.31 bits per heavy atom. The highest BCUT2D eigenvalue weighted by molar-refractivity contribution is 5.42. The molecule has 1 aliphatic heterocycles. The van der Waals surface area contributed by atoms with Crippen LogP contribution in [0.25, 0.3) is 0 Å². The second-order valence-corrected chi connectivity index (χ2v) is 7.87. The molecule has 0 aromatic heterocycles. The summed E-state index contributed by atoms with van der Waals surface area (Å²) < 4.78 is 10.8. The van der Waals surface area contributed by atoms with Crippen LogP contribution in [0, 0.1) is 0 Å². The maximum absolute atomic E-state index is 5.43. The largest absolute Gasteiger partial charge is 0.493 e. The van der Waals surface area contributed by atoms with Crippen molar-refractivity contribution in [2.75, 3.05) is 54.0 Å². The van der Waals surface area contributed by atoms with Gasteiger partial charge in [-0.3, -0.25) is 4.90 Å². The topological polar surface area (TPSA) is 37.0 Å². The van der Waals surface area contributed by atoms with Crippen molar-refractivity contribution in [1.82, 2.24) is 15.1 Å². The molecular weight excluding hydrogens is 326 g/mol. The van der Waals surface area contributed by atoms with E-state index in [1.807, 2.05) is 6.07 Å². The molecule has 1 aliphatic carbocycles. The molecule has 2 fully saturated rings. The summed E-state index contributed by atoms with van der Waals surface area (Å²) in [6.45, 7) is 6.73. The lowest BCUT2D eigenvalue weighted by Gasteiger charge is -2.49. The summed E-state index contributed by atoms with van der Waals surface area (Å²) in [5.74, 6) is 1.59. The maximum atomic E-state index is 5.43. The Kier molecular flexibility index (Phi) is 6.79. The van der Waals surface area contributed by atoms with E-state index in [-0.39, 0.29) is 0 Å². The van der Waals surface area contributed by atoms with Gasteiger partial charge in [0, 0.05) is 44.8 Å². The van der Waals surface area contributed by atoms with Gasteiger partial charge in [0.25, 0.3) is 0 Å². The lowest BCUT2D eigenvalue weighted by Crippen LogP contribution is -2.61. The van der Waals surface area contributed by atoms with E-state index >= 15 is 0 Å². The van der Waals surface area contributed by atoms with Gasteiger partial charge in [-0.25, -0.2) is 0 Å². The van der Waals surface area contributed by atoms with Crippen LogP contribution in [0.15, 0.2) is 18.2 Å². The zero-order valence-electron chi connectivity index (χ0n) is 16.7. The van der Waals surface area contributed by atoms with Crippen molar-refractivity contribution >= 4 is 0 Å². The minimum atomic E-state index is 0.343. The average Bonchev–Trinajstić information content (AvgIpc) is 2.69. The molecule has 0 amide bonds. The average molecular weight is 362 g/mol. The van der Waals surface area contributed by atoms with E-state index in [2.05, 4.69) is 34.3 Å². The molecular formula is C21H35N3O2. The van der Waals surface area contributed by atoms with Crippen molar-refractivity contribution in [3.05, 3.63) is 23.8 Å². The molecule has 5 heteroatoms. The van der Waals surface area contributed by atoms with Crippen molar-refractivity contribution < 1.29 is 9.47 Å². The molecule has 1 aromatic carbocycles. The predicted octanol–water partition coefficient (Wildman–Crippen LogP) is 2.74. The molecule has 26 heavy (non-hydrogen) atoms. The lowest BCUT2D eigenvalue weighted by molar-refractivity contribution is 0.0136. The Hall–Kier alpha value is -1.30. The Morgan fingerprint density at radius 2 is 1.65 bits per heavy atom. The van der Waals surface area contributed by atoms with E-state index in [1.54, 1.807) is 14.2 Å². The smallest absolute Gasteiger partial charge is 0.161 e. The summed E-state index contributed by atoms with van der Waals surface area (Å²) in [6, 6.07) is 6.19. The number of benzene rings is 1. The summed E-state index contributed by atoms with van der Waals surface area (Å²) in [6.07, 6.45) is 6.78. The first-order valence-corrected chi connectivity index (χ1v) is 10.0. The second-order valence-electron chi connectivity index (χ2n) is 7.87. The normalized spacial score (nSPS) is 21.5. The van der Waals surface area contributed by atoms with E-state index in [0.717, 1.165) is 24.6 Å². The Morgan fingerprint density at radius 1 is 0.962 bits per heavy atom. The molecule has 2 aliphatic rings. The predicted molar refractivity (Wildman–Crippen MR) is 106 cm³/mol. The van der Waals surface area contributed by atoms with Gasteiger partial charge in [0.15, 0.2) is 11.5 Å². The van der Waals surface area contributed by atoms with Crippen LogP contribution in [0.2, 0.25) is 0 Å².